The molecule has 2 aliphatic heterocycles. The van der Waals surface area contributed by atoms with Crippen molar-refractivity contribution in [1.29, 1.82) is 0 Å². The van der Waals surface area contributed by atoms with Gasteiger partial charge in [-0.15, -0.1) is 0 Å². The lowest BCUT2D eigenvalue weighted by Crippen LogP contribution is -2.43. The lowest BCUT2D eigenvalue weighted by Gasteiger charge is -2.25. The Bertz CT molecular complexity index is 723. The predicted molar refractivity (Wildman–Crippen MR) is 90.0 cm³/mol. The normalized spacial score (nSPS) is 25.8. The number of carbonyl (C=O) groups is 3. The van der Waals surface area contributed by atoms with Crippen molar-refractivity contribution in [3.63, 3.8) is 0 Å². The molecular formula is C18H21FN2O5. The summed E-state index contributed by atoms with van der Waals surface area (Å²) in [5, 5.41) is 9.50. The first-order valence-electron chi connectivity index (χ1n) is 8.46. The summed E-state index contributed by atoms with van der Waals surface area (Å²) in [5.74, 6) is -2.90. The number of carboxylic acids is 1. The molecule has 0 aromatic heterocycles. The molecule has 2 heterocycles. The van der Waals surface area contributed by atoms with Gasteiger partial charge >= 0.3 is 5.97 Å². The van der Waals surface area contributed by atoms with E-state index in [4.69, 9.17) is 4.74 Å². The van der Waals surface area contributed by atoms with Gasteiger partial charge in [0.25, 0.3) is 0 Å². The molecule has 2 atom stereocenters. The van der Waals surface area contributed by atoms with Gasteiger partial charge in [-0.05, 0) is 37.1 Å². The van der Waals surface area contributed by atoms with Gasteiger partial charge in [-0.2, -0.15) is 0 Å². The van der Waals surface area contributed by atoms with Crippen LogP contribution >= 0.6 is 0 Å². The molecule has 0 radical (unpaired) electrons. The number of rotatable bonds is 5. The molecule has 7 nitrogen and oxygen atoms in total. The third-order valence-electron chi connectivity index (χ3n) is 5.18. The highest BCUT2D eigenvalue weighted by molar-refractivity contribution is 6.09. The second-order valence-corrected chi connectivity index (χ2v) is 6.84. The van der Waals surface area contributed by atoms with E-state index in [1.165, 1.54) is 41.2 Å². The zero-order valence-electron chi connectivity index (χ0n) is 14.5. The number of amides is 2. The van der Waals surface area contributed by atoms with Crippen LogP contribution < -0.4 is 4.90 Å². The smallest absolute Gasteiger partial charge is 0.313 e. The summed E-state index contributed by atoms with van der Waals surface area (Å²) in [6.45, 7) is 0.716. The maximum Gasteiger partial charge on any atom is 0.313 e. The van der Waals surface area contributed by atoms with Crippen LogP contribution in [0.1, 0.15) is 12.8 Å². The molecule has 0 aliphatic carbocycles. The maximum atomic E-state index is 13.1. The summed E-state index contributed by atoms with van der Waals surface area (Å²) in [6.07, 6.45) is 0.653. The van der Waals surface area contributed by atoms with E-state index in [1.807, 2.05) is 0 Å². The largest absolute Gasteiger partial charge is 0.481 e. The topological polar surface area (TPSA) is 87.2 Å². The molecule has 0 spiro atoms. The highest BCUT2D eigenvalue weighted by atomic mass is 19.1. The molecule has 1 aromatic rings. The van der Waals surface area contributed by atoms with Crippen molar-refractivity contribution < 1.29 is 28.6 Å². The summed E-state index contributed by atoms with van der Waals surface area (Å²) < 4.78 is 18.1. The average molecular weight is 364 g/mol. The molecule has 0 saturated carbocycles. The summed E-state index contributed by atoms with van der Waals surface area (Å²) in [7, 11) is 1.43. The lowest BCUT2D eigenvalue weighted by molar-refractivity contribution is -0.151. The number of aliphatic carboxylic acids is 1. The summed E-state index contributed by atoms with van der Waals surface area (Å²) in [6, 6.07) is 5.54. The Kier molecular flexibility index (Phi) is 4.95. The Morgan fingerprint density at radius 1 is 1.31 bits per heavy atom. The van der Waals surface area contributed by atoms with E-state index in [0.717, 1.165) is 0 Å². The van der Waals surface area contributed by atoms with Gasteiger partial charge in [0, 0.05) is 32.4 Å². The first kappa shape index (κ1) is 18.3. The first-order valence-corrected chi connectivity index (χ1v) is 8.46. The van der Waals surface area contributed by atoms with Crippen LogP contribution in [0.15, 0.2) is 24.3 Å². The highest BCUT2D eigenvalue weighted by Crippen LogP contribution is 2.34. The van der Waals surface area contributed by atoms with Crippen molar-refractivity contribution >= 4 is 23.5 Å². The number of anilines is 1. The van der Waals surface area contributed by atoms with Crippen molar-refractivity contribution in [2.75, 3.05) is 38.3 Å². The van der Waals surface area contributed by atoms with E-state index in [0.29, 0.717) is 25.1 Å². The fraction of sp³-hybridized carbons (Fsp3) is 0.500. The second-order valence-electron chi connectivity index (χ2n) is 6.84. The molecule has 26 heavy (non-hydrogen) atoms. The first-order chi connectivity index (χ1) is 12.4. The summed E-state index contributed by atoms with van der Waals surface area (Å²) in [5.41, 5.74) is -0.574. The zero-order chi connectivity index (χ0) is 18.9. The Hall–Kier alpha value is -2.48. The van der Waals surface area contributed by atoms with E-state index in [2.05, 4.69) is 0 Å². The van der Waals surface area contributed by atoms with E-state index in [9.17, 15) is 23.9 Å². The van der Waals surface area contributed by atoms with Gasteiger partial charge in [0.15, 0.2) is 0 Å². The molecule has 0 bridgehead atoms. The van der Waals surface area contributed by atoms with Crippen LogP contribution in [-0.2, 0) is 19.1 Å². The van der Waals surface area contributed by atoms with Crippen LogP contribution in [0.4, 0.5) is 10.1 Å². The van der Waals surface area contributed by atoms with Crippen LogP contribution in [0.2, 0.25) is 0 Å². The molecule has 2 amide bonds. The quantitative estimate of drug-likeness (QED) is 0.792. The van der Waals surface area contributed by atoms with Crippen molar-refractivity contribution in [2.24, 2.45) is 11.3 Å². The molecule has 2 unspecified atom stereocenters. The zero-order valence-corrected chi connectivity index (χ0v) is 14.5. The number of carbonyl (C=O) groups excluding carboxylic acids is 2. The number of nitrogens with zero attached hydrogens (tertiary/aromatic N) is 2. The average Bonchev–Trinajstić information content (AvgIpc) is 3.21. The fourth-order valence-corrected chi connectivity index (χ4v) is 3.70. The van der Waals surface area contributed by atoms with Crippen molar-refractivity contribution in [2.45, 2.75) is 12.8 Å². The third-order valence-corrected chi connectivity index (χ3v) is 5.18. The highest BCUT2D eigenvalue weighted by Gasteiger charge is 2.49. The number of likely N-dealkylation sites (tertiary alicyclic amines) is 1. The number of halogens is 1. The number of hydrogen-bond acceptors (Lipinski definition) is 4. The minimum atomic E-state index is -1.12. The standard InChI is InChI=1S/C18H21FN2O5/c1-26-11-18(17(24)25)7-9-20(10-18)15(22)14-6-8-21(16(14)23)13-4-2-12(19)3-5-13/h2-5,14H,6-11H2,1H3,(H,24,25). The van der Waals surface area contributed by atoms with Crippen LogP contribution in [0.3, 0.4) is 0 Å². The van der Waals surface area contributed by atoms with Crippen LogP contribution in [-0.4, -0.2) is 61.1 Å². The van der Waals surface area contributed by atoms with Crippen LogP contribution in [0.5, 0.6) is 0 Å². The molecule has 140 valence electrons. The Morgan fingerprint density at radius 3 is 2.62 bits per heavy atom. The monoisotopic (exact) mass is 364 g/mol. The number of ether oxygens (including phenoxy) is 1. The molecule has 1 aromatic carbocycles. The lowest BCUT2D eigenvalue weighted by atomic mass is 9.88. The Balaban J connectivity index is 1.70. The van der Waals surface area contributed by atoms with E-state index >= 15 is 0 Å². The van der Waals surface area contributed by atoms with Crippen molar-refractivity contribution in [3.8, 4) is 0 Å². The Labute approximate surface area is 150 Å². The minimum absolute atomic E-state index is 0.0203. The number of methoxy groups -OCH3 is 1. The fourth-order valence-electron chi connectivity index (χ4n) is 3.70. The number of carboxylic acid groups (broad SMARTS) is 1. The van der Waals surface area contributed by atoms with Gasteiger partial charge in [-0.1, -0.05) is 0 Å². The minimum Gasteiger partial charge on any atom is -0.481 e. The van der Waals surface area contributed by atoms with Gasteiger partial charge in [0.05, 0.1) is 6.61 Å². The molecule has 2 fully saturated rings. The molecular weight excluding hydrogens is 343 g/mol. The molecule has 2 saturated heterocycles. The predicted octanol–water partition coefficient (Wildman–Crippen LogP) is 1.13. The van der Waals surface area contributed by atoms with Crippen LogP contribution in [0.25, 0.3) is 0 Å². The van der Waals surface area contributed by atoms with Crippen molar-refractivity contribution in [3.05, 3.63) is 30.1 Å². The number of benzene rings is 1. The van der Waals surface area contributed by atoms with Crippen LogP contribution in [0, 0.1) is 17.2 Å². The molecule has 8 heteroatoms. The molecule has 1 N–H and O–H groups in total. The van der Waals surface area contributed by atoms with E-state index in [1.54, 1.807) is 0 Å². The van der Waals surface area contributed by atoms with E-state index < -0.39 is 23.1 Å². The van der Waals surface area contributed by atoms with Gasteiger partial charge in [-0.3, -0.25) is 14.4 Å². The second kappa shape index (κ2) is 7.03. The summed E-state index contributed by atoms with van der Waals surface area (Å²) >= 11 is 0. The van der Waals surface area contributed by atoms with Gasteiger partial charge in [-0.25, -0.2) is 4.39 Å². The van der Waals surface area contributed by atoms with Crippen molar-refractivity contribution in [1.82, 2.24) is 4.90 Å². The SMILES string of the molecule is COCC1(C(=O)O)CCN(C(=O)C2CCN(c3ccc(F)cc3)C2=O)C1. The molecule has 3 rings (SSSR count). The van der Waals surface area contributed by atoms with Gasteiger partial charge in [0.1, 0.15) is 17.2 Å². The van der Waals surface area contributed by atoms with Gasteiger partial charge < -0.3 is 19.6 Å². The summed E-state index contributed by atoms with van der Waals surface area (Å²) in [4.78, 5) is 40.0. The Morgan fingerprint density at radius 2 is 2.00 bits per heavy atom. The maximum absolute atomic E-state index is 13.1. The van der Waals surface area contributed by atoms with Gasteiger partial charge in [0.2, 0.25) is 11.8 Å². The number of hydrogen-bond donors (Lipinski definition) is 1. The third kappa shape index (κ3) is 3.16. The van der Waals surface area contributed by atoms with E-state index in [-0.39, 0.29) is 31.5 Å². The molecule has 2 aliphatic rings.